The van der Waals surface area contributed by atoms with Gasteiger partial charge in [0.15, 0.2) is 0 Å². The first kappa shape index (κ1) is 32.5. The molecule has 0 saturated heterocycles. The molecular formula is C23H53ClN2O3Si. The van der Waals surface area contributed by atoms with Gasteiger partial charge in [-0.1, -0.05) is 103 Å². The van der Waals surface area contributed by atoms with Gasteiger partial charge in [-0.15, -0.1) is 0 Å². The van der Waals surface area contributed by atoms with Crippen LogP contribution in [0.2, 0.25) is 0 Å². The molecule has 0 saturated carbocycles. The van der Waals surface area contributed by atoms with Crippen LogP contribution in [0.25, 0.3) is 0 Å². The maximum Gasteiger partial charge on any atom is 0.510 e. The van der Waals surface area contributed by atoms with Gasteiger partial charge in [-0.25, -0.2) is 0 Å². The van der Waals surface area contributed by atoms with Gasteiger partial charge >= 0.3 is 8.80 Å². The topological polar surface area (TPSA) is 77.2 Å². The molecule has 0 radical (unpaired) electrons. The van der Waals surface area contributed by atoms with Crippen molar-refractivity contribution in [3.05, 3.63) is 0 Å². The van der Waals surface area contributed by atoms with Crippen LogP contribution in [0.3, 0.4) is 0 Å². The Morgan fingerprint density at radius 1 is 0.667 bits per heavy atom. The number of unbranched alkanes of at least 4 members (excludes halogenated alkanes) is 15. The van der Waals surface area contributed by atoms with Crippen LogP contribution in [-0.4, -0.2) is 56.0 Å². The zero-order chi connectivity index (χ0) is 21.8. The quantitative estimate of drug-likeness (QED) is 0.116. The molecular weight excluding hydrogens is 416 g/mol. The molecule has 0 heterocycles. The Hall–Kier alpha value is 0.307. The third-order valence-corrected chi connectivity index (χ3v) is 7.25. The Kier molecular flexibility index (Phi) is 24.4. The lowest BCUT2D eigenvalue weighted by atomic mass is 10.0. The zero-order valence-electron chi connectivity index (χ0n) is 20.2. The van der Waals surface area contributed by atoms with Crippen molar-refractivity contribution in [3.63, 3.8) is 0 Å². The van der Waals surface area contributed by atoms with Crippen LogP contribution < -0.4 is 22.6 Å². The van der Waals surface area contributed by atoms with E-state index in [0.717, 1.165) is 19.5 Å². The normalized spacial score (nSPS) is 12.9. The van der Waals surface area contributed by atoms with Gasteiger partial charge in [0.05, 0.1) is 26.3 Å². The van der Waals surface area contributed by atoms with Crippen LogP contribution in [0, 0.1) is 0 Å². The molecule has 0 amide bonds. The minimum absolute atomic E-state index is 0. The summed E-state index contributed by atoms with van der Waals surface area (Å²) in [5, 5.41) is 3.16. The van der Waals surface area contributed by atoms with Gasteiger partial charge in [0.25, 0.3) is 0 Å². The SMILES string of the molecule is CCCCCCCCCCCCCCCCCCNC(CC[NH+](C)C)[Si](O)(O)O.[Cl-]. The zero-order valence-corrected chi connectivity index (χ0v) is 22.0. The number of hydrogen-bond donors (Lipinski definition) is 5. The molecule has 0 bridgehead atoms. The fourth-order valence-corrected chi connectivity index (χ4v) is 4.76. The lowest BCUT2D eigenvalue weighted by Crippen LogP contribution is -3.06. The summed E-state index contributed by atoms with van der Waals surface area (Å²) in [6.45, 7) is 3.84. The molecule has 7 heteroatoms. The Morgan fingerprint density at radius 3 is 1.37 bits per heavy atom. The molecule has 184 valence electrons. The molecule has 5 N–H and O–H groups in total. The maximum absolute atomic E-state index is 9.60. The minimum atomic E-state index is -4.09. The number of nitrogens with one attached hydrogen (secondary N) is 2. The van der Waals surface area contributed by atoms with Crippen LogP contribution in [0.1, 0.15) is 116 Å². The third-order valence-electron chi connectivity index (χ3n) is 5.82. The van der Waals surface area contributed by atoms with Gasteiger partial charge in [-0.3, -0.25) is 0 Å². The van der Waals surface area contributed by atoms with Crippen molar-refractivity contribution in [1.82, 2.24) is 5.32 Å². The molecule has 0 aliphatic rings. The van der Waals surface area contributed by atoms with Gasteiger partial charge in [0.1, 0.15) is 0 Å². The number of hydrogen-bond acceptors (Lipinski definition) is 4. The van der Waals surface area contributed by atoms with E-state index in [1.165, 1.54) is 101 Å². The third kappa shape index (κ3) is 23.0. The van der Waals surface area contributed by atoms with Crippen LogP contribution in [0.5, 0.6) is 0 Å². The van der Waals surface area contributed by atoms with Crippen LogP contribution in [0.4, 0.5) is 0 Å². The van der Waals surface area contributed by atoms with Crippen molar-refractivity contribution in [2.75, 3.05) is 27.2 Å². The Balaban J connectivity index is 0. The predicted octanol–water partition coefficient (Wildman–Crippen LogP) is 0.200. The molecule has 0 aromatic rings. The predicted molar refractivity (Wildman–Crippen MR) is 126 cm³/mol. The van der Waals surface area contributed by atoms with E-state index >= 15 is 0 Å². The molecule has 1 atom stereocenters. The Morgan fingerprint density at radius 2 is 1.03 bits per heavy atom. The molecule has 0 aliphatic heterocycles. The number of rotatable bonds is 22. The molecule has 5 nitrogen and oxygen atoms in total. The summed E-state index contributed by atoms with van der Waals surface area (Å²) in [5.74, 6) is 0. The van der Waals surface area contributed by atoms with Crippen LogP contribution in [-0.2, 0) is 0 Å². The average Bonchev–Trinajstić information content (AvgIpc) is 2.65. The summed E-state index contributed by atoms with van der Waals surface area (Å²) in [6, 6.07) is 0. The minimum Gasteiger partial charge on any atom is -1.00 e. The van der Waals surface area contributed by atoms with Gasteiger partial charge < -0.3 is 37.0 Å². The molecule has 30 heavy (non-hydrogen) atoms. The second-order valence-corrected chi connectivity index (χ2v) is 11.3. The van der Waals surface area contributed by atoms with E-state index in [1.54, 1.807) is 0 Å². The fraction of sp³-hybridized carbons (Fsp3) is 1.00. The molecule has 0 rings (SSSR count). The van der Waals surface area contributed by atoms with Crippen LogP contribution >= 0.6 is 0 Å². The molecule has 0 aliphatic carbocycles. The Bertz CT molecular complexity index is 345. The number of halogens is 1. The van der Waals surface area contributed by atoms with E-state index in [2.05, 4.69) is 12.2 Å². The van der Waals surface area contributed by atoms with E-state index in [0.29, 0.717) is 6.42 Å². The summed E-state index contributed by atoms with van der Waals surface area (Å²) in [4.78, 5) is 30.1. The van der Waals surface area contributed by atoms with Gasteiger partial charge in [0, 0.05) is 6.42 Å². The van der Waals surface area contributed by atoms with Crippen LogP contribution in [0.15, 0.2) is 0 Å². The second kappa shape index (κ2) is 22.5. The first-order valence-electron chi connectivity index (χ1n) is 12.6. The van der Waals surface area contributed by atoms with Crippen molar-refractivity contribution < 1.29 is 31.7 Å². The summed E-state index contributed by atoms with van der Waals surface area (Å²) in [6.07, 6.45) is 22.2. The summed E-state index contributed by atoms with van der Waals surface area (Å²) in [7, 11) is -0.0291. The second-order valence-electron chi connectivity index (χ2n) is 9.24. The average molecular weight is 469 g/mol. The lowest BCUT2D eigenvalue weighted by molar-refractivity contribution is -0.858. The van der Waals surface area contributed by atoms with Crippen molar-refractivity contribution in [3.8, 4) is 0 Å². The highest BCUT2D eigenvalue weighted by atomic mass is 35.5. The van der Waals surface area contributed by atoms with E-state index in [9.17, 15) is 14.4 Å². The van der Waals surface area contributed by atoms with Crippen molar-refractivity contribution in [2.45, 2.75) is 122 Å². The largest absolute Gasteiger partial charge is 1.00 e. The Labute approximate surface area is 194 Å². The van der Waals surface area contributed by atoms with E-state index in [1.807, 2.05) is 14.1 Å². The smallest absolute Gasteiger partial charge is 0.510 e. The maximum atomic E-state index is 9.60. The highest BCUT2D eigenvalue weighted by molar-refractivity contribution is 6.58. The number of quaternary nitrogens is 1. The molecule has 0 aromatic heterocycles. The first-order chi connectivity index (χ1) is 13.9. The van der Waals surface area contributed by atoms with Crippen molar-refractivity contribution in [2.24, 2.45) is 0 Å². The van der Waals surface area contributed by atoms with E-state index in [4.69, 9.17) is 0 Å². The van der Waals surface area contributed by atoms with Gasteiger partial charge in [-0.05, 0) is 13.0 Å². The van der Waals surface area contributed by atoms with Crippen molar-refractivity contribution >= 4 is 8.80 Å². The van der Waals surface area contributed by atoms with E-state index in [-0.39, 0.29) is 12.4 Å². The highest BCUT2D eigenvalue weighted by Crippen LogP contribution is 2.13. The molecule has 0 spiro atoms. The highest BCUT2D eigenvalue weighted by Gasteiger charge is 2.38. The summed E-state index contributed by atoms with van der Waals surface area (Å²) >= 11 is 0. The fourth-order valence-electron chi connectivity index (χ4n) is 3.82. The van der Waals surface area contributed by atoms with Gasteiger partial charge in [-0.2, -0.15) is 0 Å². The standard InChI is InChI=1S/C23H52N2O3Si.ClH/c1-4-5-6-7-8-9-10-11-12-13-14-15-16-17-18-19-21-24-23(29(26,27)28)20-22-25(2)3;/h23-24,26-28H,4-22H2,1-3H3;1H. The molecule has 0 aromatic carbocycles. The molecule has 0 fully saturated rings. The van der Waals surface area contributed by atoms with Crippen molar-refractivity contribution in [1.29, 1.82) is 0 Å². The van der Waals surface area contributed by atoms with E-state index < -0.39 is 14.5 Å². The lowest BCUT2D eigenvalue weighted by Gasteiger charge is -2.24. The molecule has 1 unspecified atom stereocenters. The summed E-state index contributed by atoms with van der Waals surface area (Å²) < 4.78 is 0. The summed E-state index contributed by atoms with van der Waals surface area (Å²) in [5.41, 5.74) is -0.547. The van der Waals surface area contributed by atoms with Gasteiger partial charge in [0.2, 0.25) is 0 Å². The first-order valence-corrected chi connectivity index (χ1v) is 14.5. The monoisotopic (exact) mass is 468 g/mol.